The predicted molar refractivity (Wildman–Crippen MR) is 60.7 cm³/mol. The second-order valence-electron chi connectivity index (χ2n) is 4.48. The van der Waals surface area contributed by atoms with Crippen molar-refractivity contribution in [2.24, 2.45) is 5.73 Å². The fraction of sp³-hybridized carbons (Fsp3) is 1.00. The number of aliphatic hydroxyl groups is 1. The zero-order valence-corrected chi connectivity index (χ0v) is 9.85. The van der Waals surface area contributed by atoms with Gasteiger partial charge in [-0.05, 0) is 19.8 Å². The largest absolute Gasteiger partial charge is 0.389 e. The highest BCUT2D eigenvalue weighted by atomic mass is 16.5. The van der Waals surface area contributed by atoms with Crippen molar-refractivity contribution in [3.8, 4) is 0 Å². The highest BCUT2D eigenvalue weighted by molar-refractivity contribution is 4.84. The number of piperidine rings is 1. The third-order valence-corrected chi connectivity index (χ3v) is 3.25. The molecule has 3 unspecified atom stereocenters. The van der Waals surface area contributed by atoms with E-state index in [2.05, 4.69) is 11.8 Å². The van der Waals surface area contributed by atoms with Gasteiger partial charge in [-0.25, -0.2) is 0 Å². The number of hydrogen-bond acceptors (Lipinski definition) is 4. The maximum Gasteiger partial charge on any atom is 0.0900 e. The van der Waals surface area contributed by atoms with Gasteiger partial charge in [0.1, 0.15) is 0 Å². The van der Waals surface area contributed by atoms with Crippen LogP contribution in [0.15, 0.2) is 0 Å². The molecule has 3 N–H and O–H groups in total. The summed E-state index contributed by atoms with van der Waals surface area (Å²) in [7, 11) is 1.61. The van der Waals surface area contributed by atoms with E-state index in [4.69, 9.17) is 10.5 Å². The van der Waals surface area contributed by atoms with Crippen molar-refractivity contribution in [2.75, 3.05) is 26.8 Å². The number of aliphatic hydroxyl groups excluding tert-OH is 1. The average Bonchev–Trinajstić information content (AvgIpc) is 2.21. The van der Waals surface area contributed by atoms with Crippen molar-refractivity contribution in [1.29, 1.82) is 0 Å². The quantitative estimate of drug-likeness (QED) is 0.689. The van der Waals surface area contributed by atoms with Crippen LogP contribution in [0, 0.1) is 0 Å². The first-order chi connectivity index (χ1) is 7.19. The molecule has 0 aliphatic carbocycles. The molecular formula is C11H24N2O2. The highest BCUT2D eigenvalue weighted by Crippen LogP contribution is 2.22. The van der Waals surface area contributed by atoms with E-state index in [0.29, 0.717) is 31.8 Å². The lowest BCUT2D eigenvalue weighted by atomic mass is 9.96. The van der Waals surface area contributed by atoms with Crippen LogP contribution in [0.2, 0.25) is 0 Å². The molecule has 0 aromatic heterocycles. The number of rotatable bonds is 5. The predicted octanol–water partition coefficient (Wildman–Crippen LogP) is 0.195. The Morgan fingerprint density at radius 1 is 1.53 bits per heavy atom. The minimum atomic E-state index is -0.399. The smallest absolute Gasteiger partial charge is 0.0900 e. The summed E-state index contributed by atoms with van der Waals surface area (Å²) < 4.78 is 4.94. The maximum absolute atomic E-state index is 9.73. The second-order valence-corrected chi connectivity index (χ2v) is 4.48. The topological polar surface area (TPSA) is 58.7 Å². The van der Waals surface area contributed by atoms with Crippen molar-refractivity contribution in [3.05, 3.63) is 0 Å². The highest BCUT2D eigenvalue weighted by Gasteiger charge is 2.28. The van der Waals surface area contributed by atoms with E-state index in [1.165, 1.54) is 12.8 Å². The van der Waals surface area contributed by atoms with Crippen LogP contribution in [0.25, 0.3) is 0 Å². The minimum Gasteiger partial charge on any atom is -0.389 e. The van der Waals surface area contributed by atoms with Gasteiger partial charge >= 0.3 is 0 Å². The molecule has 15 heavy (non-hydrogen) atoms. The fourth-order valence-electron chi connectivity index (χ4n) is 2.41. The Morgan fingerprint density at radius 3 is 2.87 bits per heavy atom. The van der Waals surface area contributed by atoms with E-state index in [1.807, 2.05) is 0 Å². The van der Waals surface area contributed by atoms with E-state index in [0.717, 1.165) is 6.42 Å². The number of ether oxygens (including phenoxy) is 1. The summed E-state index contributed by atoms with van der Waals surface area (Å²) in [5.41, 5.74) is 5.75. The number of nitrogens with zero attached hydrogens (tertiary/aromatic N) is 1. The molecule has 1 aliphatic heterocycles. The third-order valence-electron chi connectivity index (χ3n) is 3.25. The Labute approximate surface area is 92.4 Å². The first-order valence-electron chi connectivity index (χ1n) is 5.81. The van der Waals surface area contributed by atoms with Crippen molar-refractivity contribution in [1.82, 2.24) is 4.90 Å². The first kappa shape index (κ1) is 12.9. The van der Waals surface area contributed by atoms with Crippen LogP contribution in [-0.2, 0) is 4.74 Å². The molecule has 0 aromatic rings. The fourth-order valence-corrected chi connectivity index (χ4v) is 2.41. The van der Waals surface area contributed by atoms with Crippen LogP contribution >= 0.6 is 0 Å². The molecular weight excluding hydrogens is 192 g/mol. The summed E-state index contributed by atoms with van der Waals surface area (Å²) in [6.45, 7) is 3.97. The van der Waals surface area contributed by atoms with Gasteiger partial charge < -0.3 is 15.6 Å². The van der Waals surface area contributed by atoms with Gasteiger partial charge in [-0.3, -0.25) is 4.90 Å². The molecule has 1 heterocycles. The minimum absolute atomic E-state index is 0.399. The molecule has 0 radical (unpaired) electrons. The molecule has 0 bridgehead atoms. The Kier molecular flexibility index (Phi) is 5.53. The molecule has 4 heteroatoms. The van der Waals surface area contributed by atoms with Gasteiger partial charge in [0.25, 0.3) is 0 Å². The van der Waals surface area contributed by atoms with Gasteiger partial charge in [-0.1, -0.05) is 6.42 Å². The zero-order valence-electron chi connectivity index (χ0n) is 9.85. The van der Waals surface area contributed by atoms with E-state index in [1.54, 1.807) is 7.11 Å². The molecule has 1 aliphatic rings. The van der Waals surface area contributed by atoms with Gasteiger partial charge in [0, 0.05) is 32.3 Å². The number of hydrogen-bond donors (Lipinski definition) is 2. The third kappa shape index (κ3) is 3.72. The molecule has 3 atom stereocenters. The summed E-state index contributed by atoms with van der Waals surface area (Å²) in [4.78, 5) is 2.33. The molecule has 1 fully saturated rings. The van der Waals surface area contributed by atoms with Crippen molar-refractivity contribution < 1.29 is 9.84 Å². The van der Waals surface area contributed by atoms with Gasteiger partial charge in [-0.2, -0.15) is 0 Å². The second kappa shape index (κ2) is 6.43. The van der Waals surface area contributed by atoms with Crippen molar-refractivity contribution in [2.45, 2.75) is 44.4 Å². The molecule has 0 aromatic carbocycles. The lowest BCUT2D eigenvalue weighted by Gasteiger charge is -2.41. The molecule has 0 spiro atoms. The van der Waals surface area contributed by atoms with Crippen molar-refractivity contribution >= 4 is 0 Å². The number of β-amino-alcohol motifs (C(OH)–C–C–N with tert-alkyl or cyclic N) is 1. The van der Waals surface area contributed by atoms with Crippen LogP contribution in [0.5, 0.6) is 0 Å². The number of likely N-dealkylation sites (tertiary alicyclic amines) is 1. The monoisotopic (exact) mass is 216 g/mol. The molecule has 1 saturated heterocycles. The van der Waals surface area contributed by atoms with Crippen LogP contribution in [0.3, 0.4) is 0 Å². The SMILES string of the molecule is COCC(O)CN1C(C)CCCC1CN. The van der Waals surface area contributed by atoms with Crippen LogP contribution in [0.4, 0.5) is 0 Å². The summed E-state index contributed by atoms with van der Waals surface area (Å²) >= 11 is 0. The summed E-state index contributed by atoms with van der Waals surface area (Å²) in [5, 5.41) is 9.73. The molecule has 1 rings (SSSR count). The lowest BCUT2D eigenvalue weighted by Crippen LogP contribution is -2.52. The Morgan fingerprint density at radius 2 is 2.27 bits per heavy atom. The van der Waals surface area contributed by atoms with E-state index in [9.17, 15) is 5.11 Å². The molecule has 4 nitrogen and oxygen atoms in total. The normalized spacial score (nSPS) is 30.4. The summed E-state index contributed by atoms with van der Waals surface area (Å²) in [5.74, 6) is 0. The Balaban J connectivity index is 2.46. The maximum atomic E-state index is 9.73. The van der Waals surface area contributed by atoms with E-state index >= 15 is 0 Å². The van der Waals surface area contributed by atoms with E-state index in [-0.39, 0.29) is 0 Å². The van der Waals surface area contributed by atoms with Gasteiger partial charge in [0.15, 0.2) is 0 Å². The number of methoxy groups -OCH3 is 1. The zero-order chi connectivity index (χ0) is 11.3. The Bertz CT molecular complexity index is 178. The van der Waals surface area contributed by atoms with Crippen molar-refractivity contribution in [3.63, 3.8) is 0 Å². The molecule has 90 valence electrons. The Hall–Kier alpha value is -0.160. The lowest BCUT2D eigenvalue weighted by molar-refractivity contribution is 0.00205. The summed E-state index contributed by atoms with van der Waals surface area (Å²) in [6.07, 6.45) is 3.21. The molecule has 0 saturated carbocycles. The van der Waals surface area contributed by atoms with E-state index < -0.39 is 6.10 Å². The van der Waals surface area contributed by atoms with Gasteiger partial charge in [0.05, 0.1) is 12.7 Å². The van der Waals surface area contributed by atoms with Crippen LogP contribution < -0.4 is 5.73 Å². The standard InChI is InChI=1S/C11H24N2O2/c1-9-4-3-5-10(6-12)13(9)7-11(14)8-15-2/h9-11,14H,3-8,12H2,1-2H3. The average molecular weight is 216 g/mol. The molecule has 0 amide bonds. The number of nitrogens with two attached hydrogens (primary N) is 1. The van der Waals surface area contributed by atoms with Crippen LogP contribution in [0.1, 0.15) is 26.2 Å². The first-order valence-corrected chi connectivity index (χ1v) is 5.81. The summed E-state index contributed by atoms with van der Waals surface area (Å²) in [6, 6.07) is 0.957. The van der Waals surface area contributed by atoms with Gasteiger partial charge in [-0.15, -0.1) is 0 Å². The van der Waals surface area contributed by atoms with Gasteiger partial charge in [0.2, 0.25) is 0 Å². The van der Waals surface area contributed by atoms with Crippen LogP contribution in [-0.4, -0.2) is 55.0 Å².